The van der Waals surface area contributed by atoms with Crippen LogP contribution in [0, 0.1) is 6.92 Å². The molecule has 1 saturated carbocycles. The molecule has 1 fully saturated rings. The van der Waals surface area contributed by atoms with Crippen molar-refractivity contribution in [2.24, 2.45) is 0 Å². The third-order valence-electron chi connectivity index (χ3n) is 7.26. The first-order chi connectivity index (χ1) is 18.5. The molecule has 214 valence electrons. The Labute approximate surface area is 242 Å². The third kappa shape index (κ3) is 8.60. The van der Waals surface area contributed by atoms with E-state index in [1.807, 2.05) is 26.0 Å². The van der Waals surface area contributed by atoms with Crippen molar-refractivity contribution in [1.82, 2.24) is 10.2 Å². The van der Waals surface area contributed by atoms with Crippen molar-refractivity contribution in [2.75, 3.05) is 17.1 Å². The Balaban J connectivity index is 1.81. The first kappa shape index (κ1) is 31.2. The van der Waals surface area contributed by atoms with Gasteiger partial charge in [-0.15, -0.1) is 0 Å². The van der Waals surface area contributed by atoms with Gasteiger partial charge in [0.2, 0.25) is 21.8 Å². The molecular weight excluding hydrogens is 557 g/mol. The van der Waals surface area contributed by atoms with Crippen molar-refractivity contribution in [3.63, 3.8) is 0 Å². The fourth-order valence-electron chi connectivity index (χ4n) is 5.14. The molecule has 0 heterocycles. The molecule has 0 saturated heterocycles. The molecule has 0 spiro atoms. The molecule has 1 aliphatic rings. The summed E-state index contributed by atoms with van der Waals surface area (Å²) in [6.07, 6.45) is 7.14. The van der Waals surface area contributed by atoms with Crippen LogP contribution in [0.4, 0.5) is 5.69 Å². The van der Waals surface area contributed by atoms with Crippen molar-refractivity contribution in [1.29, 1.82) is 0 Å². The maximum Gasteiger partial charge on any atom is 0.243 e. The number of carbonyl (C=O) groups excluding carboxylic acids is 2. The van der Waals surface area contributed by atoms with Crippen LogP contribution in [0.3, 0.4) is 0 Å². The molecule has 1 atom stereocenters. The maximum atomic E-state index is 13.7. The van der Waals surface area contributed by atoms with Crippen molar-refractivity contribution >= 4 is 50.7 Å². The predicted octanol–water partition coefficient (Wildman–Crippen LogP) is 6.10. The lowest BCUT2D eigenvalue weighted by atomic mass is 9.95. The summed E-state index contributed by atoms with van der Waals surface area (Å²) in [5.41, 5.74) is 2.00. The number of nitrogens with one attached hydrogen (secondary N) is 1. The minimum Gasteiger partial charge on any atom is -0.352 e. The van der Waals surface area contributed by atoms with Crippen LogP contribution in [-0.2, 0) is 26.2 Å². The van der Waals surface area contributed by atoms with E-state index in [1.54, 1.807) is 35.2 Å². The standard InChI is InChI=1S/C29H39Cl2N3O4S/c1-4-26(29(36)32-22-13-6-5-7-14-22)33(20-23-24(30)15-10-16-25(23)31)28(35)18-11-19-34(39(3,37)38)27-17-9-8-12-21(27)2/h8-10,12,15-17,22,26H,4-7,11,13-14,18-20H2,1-3H3,(H,32,36). The summed E-state index contributed by atoms with van der Waals surface area (Å²) in [6, 6.07) is 11.8. The largest absolute Gasteiger partial charge is 0.352 e. The third-order valence-corrected chi connectivity index (χ3v) is 9.15. The summed E-state index contributed by atoms with van der Waals surface area (Å²) in [5, 5.41) is 4.00. The monoisotopic (exact) mass is 595 g/mol. The van der Waals surface area contributed by atoms with Gasteiger partial charge in [0, 0.05) is 41.2 Å². The fourth-order valence-corrected chi connectivity index (χ4v) is 6.68. The molecule has 1 aliphatic carbocycles. The molecule has 0 aromatic heterocycles. The van der Waals surface area contributed by atoms with Crippen LogP contribution in [0.1, 0.15) is 69.4 Å². The van der Waals surface area contributed by atoms with Crippen LogP contribution in [0.2, 0.25) is 10.0 Å². The highest BCUT2D eigenvalue weighted by molar-refractivity contribution is 7.92. The van der Waals surface area contributed by atoms with Crippen LogP contribution < -0.4 is 9.62 Å². The second kappa shape index (κ2) is 14.4. The van der Waals surface area contributed by atoms with E-state index in [0.29, 0.717) is 27.7 Å². The van der Waals surface area contributed by atoms with Crippen LogP contribution in [0.15, 0.2) is 42.5 Å². The molecule has 2 aromatic rings. The number of anilines is 1. The molecule has 1 unspecified atom stereocenters. The number of amides is 2. The zero-order chi connectivity index (χ0) is 28.6. The number of rotatable bonds is 12. The van der Waals surface area contributed by atoms with Gasteiger partial charge in [0.15, 0.2) is 0 Å². The minimum absolute atomic E-state index is 0.0627. The Morgan fingerprint density at radius 1 is 1.03 bits per heavy atom. The second-order valence-electron chi connectivity index (χ2n) is 10.2. The lowest BCUT2D eigenvalue weighted by Crippen LogP contribution is -2.51. The molecule has 7 nitrogen and oxygen atoms in total. The summed E-state index contributed by atoms with van der Waals surface area (Å²) in [4.78, 5) is 28.7. The molecular formula is C29H39Cl2N3O4S. The van der Waals surface area contributed by atoms with Gasteiger partial charge in [-0.25, -0.2) is 8.42 Å². The Morgan fingerprint density at radius 2 is 1.67 bits per heavy atom. The van der Waals surface area contributed by atoms with Crippen molar-refractivity contribution in [2.45, 2.75) is 83.8 Å². The van der Waals surface area contributed by atoms with Gasteiger partial charge in [-0.3, -0.25) is 13.9 Å². The highest BCUT2D eigenvalue weighted by Gasteiger charge is 2.31. The van der Waals surface area contributed by atoms with E-state index in [2.05, 4.69) is 5.32 Å². The molecule has 0 radical (unpaired) electrons. The van der Waals surface area contributed by atoms with Crippen molar-refractivity contribution in [3.05, 3.63) is 63.6 Å². The lowest BCUT2D eigenvalue weighted by molar-refractivity contribution is -0.141. The Bertz CT molecular complexity index is 1230. The van der Waals surface area contributed by atoms with Crippen LogP contribution >= 0.6 is 23.2 Å². The summed E-state index contributed by atoms with van der Waals surface area (Å²) >= 11 is 12.9. The number of nitrogens with zero attached hydrogens (tertiary/aromatic N) is 2. The number of sulfonamides is 1. The van der Waals surface area contributed by atoms with Crippen LogP contribution in [0.5, 0.6) is 0 Å². The summed E-state index contributed by atoms with van der Waals surface area (Å²) in [7, 11) is -3.56. The summed E-state index contributed by atoms with van der Waals surface area (Å²) in [5.74, 6) is -0.437. The molecule has 10 heteroatoms. The van der Waals surface area contributed by atoms with E-state index in [4.69, 9.17) is 23.2 Å². The SMILES string of the molecule is CCC(C(=O)NC1CCCCC1)N(Cc1c(Cl)cccc1Cl)C(=O)CCCN(c1ccccc1C)S(C)(=O)=O. The van der Waals surface area contributed by atoms with E-state index < -0.39 is 16.1 Å². The quantitative estimate of drug-likeness (QED) is 0.321. The van der Waals surface area contributed by atoms with Gasteiger partial charge >= 0.3 is 0 Å². The van der Waals surface area contributed by atoms with Gasteiger partial charge in [-0.2, -0.15) is 0 Å². The first-order valence-corrected chi connectivity index (χ1v) is 16.2. The van der Waals surface area contributed by atoms with E-state index in [-0.39, 0.29) is 43.8 Å². The van der Waals surface area contributed by atoms with Gasteiger partial charge in [0.05, 0.1) is 11.9 Å². The van der Waals surface area contributed by atoms with Gasteiger partial charge in [-0.05, 0) is 56.4 Å². The fraction of sp³-hybridized carbons (Fsp3) is 0.517. The minimum atomic E-state index is -3.56. The summed E-state index contributed by atoms with van der Waals surface area (Å²) < 4.78 is 26.5. The van der Waals surface area contributed by atoms with Crippen LogP contribution in [0.25, 0.3) is 0 Å². The Hall–Kier alpha value is -2.29. The topological polar surface area (TPSA) is 86.8 Å². The average Bonchev–Trinajstić information content (AvgIpc) is 2.88. The van der Waals surface area contributed by atoms with Crippen molar-refractivity contribution in [3.8, 4) is 0 Å². The zero-order valence-electron chi connectivity index (χ0n) is 23.0. The highest BCUT2D eigenvalue weighted by atomic mass is 35.5. The number of hydrogen-bond donors (Lipinski definition) is 1. The lowest BCUT2D eigenvalue weighted by Gasteiger charge is -2.33. The Kier molecular flexibility index (Phi) is 11.5. The molecule has 0 bridgehead atoms. The normalized spacial score (nSPS) is 15.0. The summed E-state index contributed by atoms with van der Waals surface area (Å²) in [6.45, 7) is 3.95. The number of para-hydroxylation sites is 1. The average molecular weight is 597 g/mol. The van der Waals surface area contributed by atoms with Crippen molar-refractivity contribution < 1.29 is 18.0 Å². The first-order valence-electron chi connectivity index (χ1n) is 13.6. The van der Waals surface area contributed by atoms with Gasteiger partial charge in [0.25, 0.3) is 0 Å². The number of halogens is 2. The van der Waals surface area contributed by atoms with Gasteiger partial charge < -0.3 is 10.2 Å². The smallest absolute Gasteiger partial charge is 0.243 e. The van der Waals surface area contributed by atoms with Gasteiger partial charge in [-0.1, -0.05) is 73.7 Å². The zero-order valence-corrected chi connectivity index (χ0v) is 25.3. The van der Waals surface area contributed by atoms with Gasteiger partial charge in [0.1, 0.15) is 6.04 Å². The van der Waals surface area contributed by atoms with E-state index in [0.717, 1.165) is 37.5 Å². The highest BCUT2D eigenvalue weighted by Crippen LogP contribution is 2.28. The molecule has 2 aromatic carbocycles. The maximum absolute atomic E-state index is 13.7. The van der Waals surface area contributed by atoms with E-state index in [9.17, 15) is 18.0 Å². The second-order valence-corrected chi connectivity index (χ2v) is 12.9. The molecule has 1 N–H and O–H groups in total. The molecule has 39 heavy (non-hydrogen) atoms. The van der Waals surface area contributed by atoms with E-state index >= 15 is 0 Å². The number of hydrogen-bond acceptors (Lipinski definition) is 4. The van der Waals surface area contributed by atoms with E-state index in [1.165, 1.54) is 10.7 Å². The Morgan fingerprint density at radius 3 is 2.26 bits per heavy atom. The number of benzene rings is 2. The molecule has 3 rings (SSSR count). The predicted molar refractivity (Wildman–Crippen MR) is 159 cm³/mol. The number of aryl methyl sites for hydroxylation is 1. The van der Waals surface area contributed by atoms with Crippen LogP contribution in [-0.4, -0.2) is 50.0 Å². The molecule has 0 aliphatic heterocycles. The number of carbonyl (C=O) groups is 2. The molecule has 2 amide bonds.